The highest BCUT2D eigenvalue weighted by molar-refractivity contribution is 5.95. The van der Waals surface area contributed by atoms with Crippen LogP contribution >= 0.6 is 0 Å². The van der Waals surface area contributed by atoms with Gasteiger partial charge in [-0.15, -0.1) is 0 Å². The van der Waals surface area contributed by atoms with Crippen LogP contribution in [-0.2, 0) is 9.59 Å². The van der Waals surface area contributed by atoms with Crippen molar-refractivity contribution in [3.05, 3.63) is 30.1 Å². The lowest BCUT2D eigenvalue weighted by Gasteiger charge is -2.06. The standard InChI is InChI=1S/C11H13N3O4/c15-9(2-1-3-10(16)17)13-14-11(18)8-4-6-12-7-5-8/h4-7H,1-3H2,(H,13,15)(H,14,18)(H,16,17). The number of nitrogens with one attached hydrogen (secondary N) is 2. The van der Waals surface area contributed by atoms with Gasteiger partial charge in [-0.3, -0.25) is 30.2 Å². The second-order valence-electron chi connectivity index (χ2n) is 3.49. The van der Waals surface area contributed by atoms with Crippen molar-refractivity contribution >= 4 is 17.8 Å². The van der Waals surface area contributed by atoms with Gasteiger partial charge in [0.25, 0.3) is 5.91 Å². The summed E-state index contributed by atoms with van der Waals surface area (Å²) >= 11 is 0. The van der Waals surface area contributed by atoms with E-state index >= 15 is 0 Å². The normalized spacial score (nSPS) is 9.56. The maximum absolute atomic E-state index is 11.5. The molecule has 7 heteroatoms. The Morgan fingerprint density at radius 2 is 1.78 bits per heavy atom. The molecule has 7 nitrogen and oxygen atoms in total. The molecule has 0 aliphatic heterocycles. The molecule has 0 aliphatic carbocycles. The van der Waals surface area contributed by atoms with E-state index in [4.69, 9.17) is 5.11 Å². The molecule has 96 valence electrons. The second kappa shape index (κ2) is 7.00. The van der Waals surface area contributed by atoms with Crippen LogP contribution < -0.4 is 10.9 Å². The van der Waals surface area contributed by atoms with Crippen LogP contribution in [0.3, 0.4) is 0 Å². The zero-order valence-electron chi connectivity index (χ0n) is 9.55. The molecule has 2 amide bonds. The quantitative estimate of drug-likeness (QED) is 0.643. The van der Waals surface area contributed by atoms with Gasteiger partial charge in [0.1, 0.15) is 0 Å². The number of pyridine rings is 1. The highest BCUT2D eigenvalue weighted by atomic mass is 16.4. The second-order valence-corrected chi connectivity index (χ2v) is 3.49. The van der Waals surface area contributed by atoms with Crippen LogP contribution in [0, 0.1) is 0 Å². The summed E-state index contributed by atoms with van der Waals surface area (Å²) in [5, 5.41) is 8.39. The number of carbonyl (C=O) groups is 3. The van der Waals surface area contributed by atoms with Gasteiger partial charge in [-0.2, -0.15) is 0 Å². The first-order valence-electron chi connectivity index (χ1n) is 5.30. The first kappa shape index (κ1) is 13.6. The van der Waals surface area contributed by atoms with Gasteiger partial charge in [-0.25, -0.2) is 0 Å². The minimum Gasteiger partial charge on any atom is -0.481 e. The van der Waals surface area contributed by atoms with Gasteiger partial charge in [0.2, 0.25) is 5.91 Å². The van der Waals surface area contributed by atoms with Gasteiger partial charge >= 0.3 is 5.97 Å². The number of carboxylic acid groups (broad SMARTS) is 1. The number of carbonyl (C=O) groups excluding carboxylic acids is 2. The average Bonchev–Trinajstić information content (AvgIpc) is 2.36. The van der Waals surface area contributed by atoms with Crippen molar-refractivity contribution in [3.8, 4) is 0 Å². The number of hydrogen-bond acceptors (Lipinski definition) is 4. The third-order valence-electron chi connectivity index (χ3n) is 2.05. The Bertz CT molecular complexity index is 433. The number of hydrazine groups is 1. The minimum absolute atomic E-state index is 0.0446. The average molecular weight is 251 g/mol. The molecule has 18 heavy (non-hydrogen) atoms. The number of aromatic nitrogens is 1. The lowest BCUT2D eigenvalue weighted by atomic mass is 10.2. The minimum atomic E-state index is -0.955. The molecule has 0 aliphatic rings. The van der Waals surface area contributed by atoms with E-state index in [1.807, 2.05) is 0 Å². The Morgan fingerprint density at radius 3 is 2.39 bits per heavy atom. The number of hydrogen-bond donors (Lipinski definition) is 3. The van der Waals surface area contributed by atoms with E-state index in [1.54, 1.807) is 0 Å². The van der Waals surface area contributed by atoms with Crippen molar-refractivity contribution in [1.29, 1.82) is 0 Å². The monoisotopic (exact) mass is 251 g/mol. The van der Waals surface area contributed by atoms with Crippen molar-refractivity contribution in [3.63, 3.8) is 0 Å². The van der Waals surface area contributed by atoms with E-state index in [2.05, 4.69) is 15.8 Å². The molecular weight excluding hydrogens is 238 g/mol. The van der Waals surface area contributed by atoms with Gasteiger partial charge in [0.15, 0.2) is 0 Å². The third-order valence-corrected chi connectivity index (χ3v) is 2.05. The summed E-state index contributed by atoms with van der Waals surface area (Å²) in [4.78, 5) is 36.7. The molecule has 1 aromatic heterocycles. The summed E-state index contributed by atoms with van der Waals surface area (Å²) in [5.74, 6) is -1.84. The van der Waals surface area contributed by atoms with Crippen LogP contribution in [0.5, 0.6) is 0 Å². The highest BCUT2D eigenvalue weighted by Gasteiger charge is 2.07. The van der Waals surface area contributed by atoms with E-state index < -0.39 is 17.8 Å². The van der Waals surface area contributed by atoms with Crippen LogP contribution in [0.4, 0.5) is 0 Å². The van der Waals surface area contributed by atoms with Crippen molar-refractivity contribution < 1.29 is 19.5 Å². The maximum atomic E-state index is 11.5. The van der Waals surface area contributed by atoms with Crippen molar-refractivity contribution in [2.75, 3.05) is 0 Å². The zero-order valence-corrected chi connectivity index (χ0v) is 9.55. The molecule has 0 aromatic carbocycles. The van der Waals surface area contributed by atoms with Gasteiger partial charge in [0, 0.05) is 30.8 Å². The summed E-state index contributed by atoms with van der Waals surface area (Å²) in [7, 11) is 0. The molecular formula is C11H13N3O4. The summed E-state index contributed by atoms with van der Waals surface area (Å²) in [5.41, 5.74) is 4.80. The SMILES string of the molecule is O=C(O)CCCC(=O)NNC(=O)c1ccncc1. The number of nitrogens with zero attached hydrogens (tertiary/aromatic N) is 1. The van der Waals surface area contributed by atoms with Crippen molar-refractivity contribution in [1.82, 2.24) is 15.8 Å². The molecule has 1 aromatic rings. The molecule has 0 saturated heterocycles. The molecule has 0 saturated carbocycles. The van der Waals surface area contributed by atoms with Crippen LogP contribution in [0.1, 0.15) is 29.6 Å². The Kier molecular flexibility index (Phi) is 5.30. The first-order chi connectivity index (χ1) is 8.59. The number of rotatable bonds is 5. The highest BCUT2D eigenvalue weighted by Crippen LogP contribution is 1.96. The van der Waals surface area contributed by atoms with Crippen LogP contribution in [-0.4, -0.2) is 27.9 Å². The third kappa shape index (κ3) is 5.06. The lowest BCUT2D eigenvalue weighted by molar-refractivity contribution is -0.137. The Morgan fingerprint density at radius 1 is 1.11 bits per heavy atom. The Hall–Kier alpha value is -2.44. The number of aliphatic carboxylic acids is 1. The number of amides is 2. The van der Waals surface area contributed by atoms with Crippen LogP contribution in [0.25, 0.3) is 0 Å². The van der Waals surface area contributed by atoms with E-state index in [0.29, 0.717) is 5.56 Å². The topological polar surface area (TPSA) is 108 Å². The van der Waals surface area contributed by atoms with Gasteiger partial charge < -0.3 is 5.11 Å². The van der Waals surface area contributed by atoms with E-state index in [9.17, 15) is 14.4 Å². The smallest absolute Gasteiger partial charge is 0.303 e. The van der Waals surface area contributed by atoms with E-state index in [-0.39, 0.29) is 19.3 Å². The predicted octanol–water partition coefficient (Wildman–Crippen LogP) is 0.0975. The largest absolute Gasteiger partial charge is 0.481 e. The maximum Gasteiger partial charge on any atom is 0.303 e. The molecule has 3 N–H and O–H groups in total. The van der Waals surface area contributed by atoms with Crippen molar-refractivity contribution in [2.45, 2.75) is 19.3 Å². The molecule has 0 radical (unpaired) electrons. The van der Waals surface area contributed by atoms with Crippen LogP contribution in [0.15, 0.2) is 24.5 Å². The van der Waals surface area contributed by atoms with Crippen LogP contribution in [0.2, 0.25) is 0 Å². The van der Waals surface area contributed by atoms with Crippen molar-refractivity contribution in [2.24, 2.45) is 0 Å². The van der Waals surface area contributed by atoms with Gasteiger partial charge in [0.05, 0.1) is 0 Å². The summed E-state index contributed by atoms with van der Waals surface area (Å²) in [6.45, 7) is 0. The molecule has 0 unspecified atom stereocenters. The summed E-state index contributed by atoms with van der Waals surface area (Å²) in [6.07, 6.45) is 3.12. The molecule has 0 fully saturated rings. The number of carboxylic acids is 1. The molecule has 0 atom stereocenters. The Balaban J connectivity index is 2.26. The van der Waals surface area contributed by atoms with Gasteiger partial charge in [-0.1, -0.05) is 0 Å². The Labute approximate surface area is 103 Å². The fraction of sp³-hybridized carbons (Fsp3) is 0.273. The van der Waals surface area contributed by atoms with Gasteiger partial charge in [-0.05, 0) is 18.6 Å². The molecule has 1 heterocycles. The van der Waals surface area contributed by atoms with E-state index in [0.717, 1.165) is 0 Å². The predicted molar refractivity (Wildman–Crippen MR) is 61.3 cm³/mol. The fourth-order valence-electron chi connectivity index (χ4n) is 1.16. The first-order valence-corrected chi connectivity index (χ1v) is 5.30. The molecule has 1 rings (SSSR count). The molecule has 0 bridgehead atoms. The lowest BCUT2D eigenvalue weighted by Crippen LogP contribution is -2.41. The fourth-order valence-corrected chi connectivity index (χ4v) is 1.16. The van der Waals surface area contributed by atoms with E-state index in [1.165, 1.54) is 24.5 Å². The molecule has 0 spiro atoms. The summed E-state index contributed by atoms with van der Waals surface area (Å²) in [6, 6.07) is 3.01. The summed E-state index contributed by atoms with van der Waals surface area (Å²) < 4.78 is 0. The zero-order chi connectivity index (χ0) is 13.4.